The van der Waals surface area contributed by atoms with Gasteiger partial charge in [-0.3, -0.25) is 0 Å². The van der Waals surface area contributed by atoms with Gasteiger partial charge in [0.1, 0.15) is 5.83 Å². The molecule has 0 saturated heterocycles. The van der Waals surface area contributed by atoms with Crippen LogP contribution in [0.15, 0.2) is 24.1 Å². The Kier molecular flexibility index (Phi) is 2.48. The summed E-state index contributed by atoms with van der Waals surface area (Å²) in [5, 5.41) is 0. The monoisotopic (exact) mass is 154 g/mol. The lowest BCUT2D eigenvalue weighted by molar-refractivity contribution is 0.317. The fraction of sp³-hybridized carbons (Fsp3) is 0.600. The smallest absolute Gasteiger partial charge is 0.101 e. The van der Waals surface area contributed by atoms with Crippen LogP contribution in [0.25, 0.3) is 0 Å². The van der Waals surface area contributed by atoms with Gasteiger partial charge in [0.05, 0.1) is 0 Å². The zero-order chi connectivity index (χ0) is 8.32. The van der Waals surface area contributed by atoms with Crippen molar-refractivity contribution in [3.05, 3.63) is 24.1 Å². The van der Waals surface area contributed by atoms with E-state index in [1.165, 1.54) is 0 Å². The Bertz CT molecular complexity index is 185. The van der Waals surface area contributed by atoms with Crippen molar-refractivity contribution in [3.8, 4) is 0 Å². The molecule has 1 aliphatic rings. The van der Waals surface area contributed by atoms with Gasteiger partial charge in [0.25, 0.3) is 0 Å². The first-order valence-corrected chi connectivity index (χ1v) is 4.26. The molecule has 0 N–H and O–H groups in total. The van der Waals surface area contributed by atoms with Crippen LogP contribution in [0.4, 0.5) is 4.39 Å². The van der Waals surface area contributed by atoms with Gasteiger partial charge in [-0.25, -0.2) is 4.39 Å². The number of rotatable bonds is 2. The summed E-state index contributed by atoms with van der Waals surface area (Å²) in [5.74, 6) is 0.0243. The molecule has 0 aromatic carbocycles. The molecule has 0 heterocycles. The fourth-order valence-electron chi connectivity index (χ4n) is 1.55. The Labute approximate surface area is 67.8 Å². The molecule has 0 fully saturated rings. The summed E-state index contributed by atoms with van der Waals surface area (Å²) >= 11 is 0. The van der Waals surface area contributed by atoms with E-state index in [-0.39, 0.29) is 11.2 Å². The van der Waals surface area contributed by atoms with Crippen molar-refractivity contribution < 1.29 is 4.39 Å². The van der Waals surface area contributed by atoms with Crippen LogP contribution in [0.3, 0.4) is 0 Å². The highest BCUT2D eigenvalue weighted by molar-refractivity contribution is 5.19. The third-order valence-electron chi connectivity index (χ3n) is 2.66. The Morgan fingerprint density at radius 1 is 1.45 bits per heavy atom. The van der Waals surface area contributed by atoms with Gasteiger partial charge in [0, 0.05) is 6.42 Å². The second-order valence-electron chi connectivity index (χ2n) is 3.22. The molecule has 0 aliphatic heterocycles. The lowest BCUT2D eigenvalue weighted by atomic mass is 9.77. The highest BCUT2D eigenvalue weighted by Crippen LogP contribution is 2.38. The van der Waals surface area contributed by atoms with E-state index in [1.54, 1.807) is 6.08 Å². The summed E-state index contributed by atoms with van der Waals surface area (Å²) in [6.45, 7) is 4.24. The molecular weight excluding hydrogens is 139 g/mol. The van der Waals surface area contributed by atoms with Gasteiger partial charge in [-0.15, -0.1) is 0 Å². The van der Waals surface area contributed by atoms with Gasteiger partial charge < -0.3 is 0 Å². The highest BCUT2D eigenvalue weighted by atomic mass is 19.1. The lowest BCUT2D eigenvalue weighted by Crippen LogP contribution is -2.17. The standard InChI is InChI=1S/C10H15F/c1-3-10(4-2)7-5-6-9(11)8-10/h5-7H,3-4,8H2,1-2H3. The molecule has 0 aromatic heterocycles. The highest BCUT2D eigenvalue weighted by Gasteiger charge is 2.25. The zero-order valence-corrected chi connectivity index (χ0v) is 7.23. The van der Waals surface area contributed by atoms with Crippen LogP contribution in [-0.4, -0.2) is 0 Å². The Balaban J connectivity index is 2.75. The first-order chi connectivity index (χ1) is 5.22. The van der Waals surface area contributed by atoms with Crippen LogP contribution in [0.2, 0.25) is 0 Å². The van der Waals surface area contributed by atoms with Gasteiger partial charge in [-0.05, 0) is 24.3 Å². The summed E-state index contributed by atoms with van der Waals surface area (Å²) in [7, 11) is 0. The summed E-state index contributed by atoms with van der Waals surface area (Å²) in [4.78, 5) is 0. The van der Waals surface area contributed by atoms with Crippen molar-refractivity contribution in [2.45, 2.75) is 33.1 Å². The van der Waals surface area contributed by atoms with Crippen LogP contribution < -0.4 is 0 Å². The number of halogens is 1. The molecule has 62 valence electrons. The van der Waals surface area contributed by atoms with E-state index < -0.39 is 0 Å². The maximum Gasteiger partial charge on any atom is 0.101 e. The number of hydrogen-bond acceptors (Lipinski definition) is 0. The minimum Gasteiger partial charge on any atom is -0.212 e. The topological polar surface area (TPSA) is 0 Å². The molecule has 0 nitrogen and oxygen atoms in total. The van der Waals surface area contributed by atoms with E-state index in [0.717, 1.165) is 12.8 Å². The van der Waals surface area contributed by atoms with Gasteiger partial charge in [0.2, 0.25) is 0 Å². The Morgan fingerprint density at radius 2 is 2.09 bits per heavy atom. The van der Waals surface area contributed by atoms with Crippen LogP contribution in [-0.2, 0) is 0 Å². The van der Waals surface area contributed by atoms with Crippen molar-refractivity contribution in [1.29, 1.82) is 0 Å². The molecule has 0 bridgehead atoms. The van der Waals surface area contributed by atoms with Crippen LogP contribution >= 0.6 is 0 Å². The maximum absolute atomic E-state index is 12.9. The molecule has 0 amide bonds. The largest absolute Gasteiger partial charge is 0.212 e. The van der Waals surface area contributed by atoms with Gasteiger partial charge >= 0.3 is 0 Å². The van der Waals surface area contributed by atoms with Gasteiger partial charge in [-0.2, -0.15) is 0 Å². The maximum atomic E-state index is 12.9. The molecule has 1 rings (SSSR count). The number of allylic oxidation sites excluding steroid dienone is 4. The third-order valence-corrected chi connectivity index (χ3v) is 2.66. The minimum absolute atomic E-state index is 0.0243. The second kappa shape index (κ2) is 3.21. The van der Waals surface area contributed by atoms with Crippen molar-refractivity contribution in [3.63, 3.8) is 0 Å². The Morgan fingerprint density at radius 3 is 2.45 bits per heavy atom. The summed E-state index contributed by atoms with van der Waals surface area (Å²) < 4.78 is 12.9. The molecule has 0 saturated carbocycles. The van der Waals surface area contributed by atoms with Crippen LogP contribution in [0.1, 0.15) is 33.1 Å². The molecule has 0 atom stereocenters. The van der Waals surface area contributed by atoms with Crippen molar-refractivity contribution in [1.82, 2.24) is 0 Å². The normalized spacial score (nSPS) is 21.5. The van der Waals surface area contributed by atoms with E-state index in [2.05, 4.69) is 19.9 Å². The predicted octanol–water partition coefficient (Wildman–Crippen LogP) is 3.61. The summed E-state index contributed by atoms with van der Waals surface area (Å²) in [6.07, 6.45) is 8.19. The third kappa shape index (κ3) is 1.70. The molecule has 1 heteroatoms. The van der Waals surface area contributed by atoms with E-state index >= 15 is 0 Å². The predicted molar refractivity (Wildman–Crippen MR) is 46.0 cm³/mol. The molecule has 0 spiro atoms. The average Bonchev–Trinajstić information content (AvgIpc) is 2.04. The van der Waals surface area contributed by atoms with Crippen molar-refractivity contribution >= 4 is 0 Å². The second-order valence-corrected chi connectivity index (χ2v) is 3.22. The lowest BCUT2D eigenvalue weighted by Gasteiger charge is -2.29. The summed E-state index contributed by atoms with van der Waals surface area (Å²) in [6, 6.07) is 0. The molecule has 1 aliphatic carbocycles. The van der Waals surface area contributed by atoms with E-state index in [9.17, 15) is 4.39 Å². The van der Waals surface area contributed by atoms with Gasteiger partial charge in [0.15, 0.2) is 0 Å². The van der Waals surface area contributed by atoms with E-state index in [1.807, 2.05) is 6.08 Å². The zero-order valence-electron chi connectivity index (χ0n) is 7.23. The molecule has 11 heavy (non-hydrogen) atoms. The van der Waals surface area contributed by atoms with Crippen molar-refractivity contribution in [2.75, 3.05) is 0 Å². The SMILES string of the molecule is CCC1(CC)C=CC=C(F)C1. The van der Waals surface area contributed by atoms with Crippen molar-refractivity contribution in [2.24, 2.45) is 5.41 Å². The van der Waals surface area contributed by atoms with Crippen LogP contribution in [0.5, 0.6) is 0 Å². The van der Waals surface area contributed by atoms with Crippen LogP contribution in [0, 0.1) is 5.41 Å². The molecule has 0 aromatic rings. The minimum atomic E-state index is 0.0243. The molecular formula is C10H15F. The Hall–Kier alpha value is -0.590. The first-order valence-electron chi connectivity index (χ1n) is 4.26. The fourth-order valence-corrected chi connectivity index (χ4v) is 1.55. The molecule has 0 unspecified atom stereocenters. The molecule has 0 radical (unpaired) electrons. The van der Waals surface area contributed by atoms with Gasteiger partial charge in [-0.1, -0.05) is 26.0 Å². The average molecular weight is 154 g/mol. The van der Waals surface area contributed by atoms with E-state index in [4.69, 9.17) is 0 Å². The summed E-state index contributed by atoms with van der Waals surface area (Å²) in [5.41, 5.74) is 0.110. The quantitative estimate of drug-likeness (QED) is 0.570. The van der Waals surface area contributed by atoms with E-state index in [0.29, 0.717) is 6.42 Å². The number of hydrogen-bond donors (Lipinski definition) is 0. The first kappa shape index (κ1) is 8.51.